The van der Waals surface area contributed by atoms with Crippen LogP contribution in [0.2, 0.25) is 5.15 Å². The Kier molecular flexibility index (Phi) is 4.63. The third-order valence-electron chi connectivity index (χ3n) is 2.93. The number of nitrogens with zero attached hydrogens (tertiary/aromatic N) is 3. The molecule has 0 saturated carbocycles. The normalized spacial score (nSPS) is 11.3. The lowest BCUT2D eigenvalue weighted by atomic mass is 10.1. The highest BCUT2D eigenvalue weighted by Gasteiger charge is 2.13. The van der Waals surface area contributed by atoms with Crippen molar-refractivity contribution in [2.45, 2.75) is 33.7 Å². The fraction of sp³-hybridized carbons (Fsp3) is 0.429. The molecule has 0 aliphatic carbocycles. The fourth-order valence-electron chi connectivity index (χ4n) is 1.81. The lowest BCUT2D eigenvalue weighted by molar-refractivity contribution is 0.486. The molecular weight excluding hydrogens is 326 g/mol. The molecule has 0 aliphatic heterocycles. The molecule has 2 rings (SSSR count). The molecule has 0 fully saturated rings. The molecule has 0 saturated heterocycles. The Morgan fingerprint density at radius 1 is 1.32 bits per heavy atom. The summed E-state index contributed by atoms with van der Waals surface area (Å²) in [6.45, 7) is 7.25. The maximum atomic E-state index is 6.20. The quantitative estimate of drug-likeness (QED) is 0.753. The van der Waals surface area contributed by atoms with Crippen LogP contribution in [-0.4, -0.2) is 14.8 Å². The van der Waals surface area contributed by atoms with Gasteiger partial charge < -0.3 is 0 Å². The molecule has 0 aliphatic rings. The standard InChI is InChI=1S/C14H17BrClN3/c1-9(2)6-7-19-8-12(13(15)18-19)11-5-4-10(3)17-14(11)16/h4-5,8-9H,6-7H2,1-3H3. The average Bonchev–Trinajstić information content (AvgIpc) is 2.68. The zero-order valence-corrected chi connectivity index (χ0v) is 13.7. The van der Waals surface area contributed by atoms with Crippen LogP contribution in [0.1, 0.15) is 26.0 Å². The van der Waals surface area contributed by atoms with E-state index in [4.69, 9.17) is 11.6 Å². The monoisotopic (exact) mass is 341 g/mol. The summed E-state index contributed by atoms with van der Waals surface area (Å²) in [5, 5.41) is 4.99. The summed E-state index contributed by atoms with van der Waals surface area (Å²) >= 11 is 9.70. The molecule has 2 aromatic heterocycles. The van der Waals surface area contributed by atoms with Crippen molar-refractivity contribution in [1.82, 2.24) is 14.8 Å². The number of rotatable bonds is 4. The maximum absolute atomic E-state index is 6.20. The van der Waals surface area contributed by atoms with Gasteiger partial charge in [-0.15, -0.1) is 0 Å². The van der Waals surface area contributed by atoms with Crippen molar-refractivity contribution in [3.8, 4) is 11.1 Å². The summed E-state index contributed by atoms with van der Waals surface area (Å²) in [6.07, 6.45) is 3.12. The summed E-state index contributed by atoms with van der Waals surface area (Å²) < 4.78 is 2.76. The average molecular weight is 343 g/mol. The predicted octanol–water partition coefficient (Wildman–Crippen LogP) is 4.72. The van der Waals surface area contributed by atoms with E-state index in [1.807, 2.05) is 29.9 Å². The molecule has 0 bridgehead atoms. The minimum absolute atomic E-state index is 0.518. The first-order valence-corrected chi connectivity index (χ1v) is 7.51. The van der Waals surface area contributed by atoms with Gasteiger partial charge in [0.15, 0.2) is 0 Å². The summed E-state index contributed by atoms with van der Waals surface area (Å²) in [6, 6.07) is 3.94. The molecular formula is C14H17BrClN3. The molecule has 0 spiro atoms. The molecule has 0 N–H and O–H groups in total. The summed E-state index contributed by atoms with van der Waals surface area (Å²) in [7, 11) is 0. The van der Waals surface area contributed by atoms with Gasteiger partial charge in [0.25, 0.3) is 0 Å². The van der Waals surface area contributed by atoms with E-state index >= 15 is 0 Å². The van der Waals surface area contributed by atoms with E-state index in [2.05, 4.69) is 39.9 Å². The maximum Gasteiger partial charge on any atom is 0.137 e. The minimum Gasteiger partial charge on any atom is -0.271 e. The Morgan fingerprint density at radius 3 is 2.68 bits per heavy atom. The van der Waals surface area contributed by atoms with Gasteiger partial charge in [-0.25, -0.2) is 4.98 Å². The first-order chi connectivity index (χ1) is 8.97. The van der Waals surface area contributed by atoms with E-state index in [9.17, 15) is 0 Å². The van der Waals surface area contributed by atoms with Crippen LogP contribution in [0.15, 0.2) is 22.9 Å². The summed E-state index contributed by atoms with van der Waals surface area (Å²) in [5.41, 5.74) is 2.81. The van der Waals surface area contributed by atoms with Crippen molar-refractivity contribution in [2.75, 3.05) is 0 Å². The zero-order chi connectivity index (χ0) is 14.0. The van der Waals surface area contributed by atoms with Gasteiger partial charge in [0.2, 0.25) is 0 Å². The number of pyridine rings is 1. The largest absolute Gasteiger partial charge is 0.271 e. The first kappa shape index (κ1) is 14.5. The second-order valence-electron chi connectivity index (χ2n) is 5.07. The van der Waals surface area contributed by atoms with Crippen molar-refractivity contribution in [3.05, 3.63) is 33.8 Å². The lowest BCUT2D eigenvalue weighted by Crippen LogP contribution is -2.01. The minimum atomic E-state index is 0.518. The molecule has 3 nitrogen and oxygen atoms in total. The van der Waals surface area contributed by atoms with Gasteiger partial charge in [0.05, 0.1) is 0 Å². The lowest BCUT2D eigenvalue weighted by Gasteiger charge is -2.04. The number of aryl methyl sites for hydroxylation is 2. The van der Waals surface area contributed by atoms with Crippen LogP contribution in [0.25, 0.3) is 11.1 Å². The Balaban J connectivity index is 2.29. The molecule has 5 heteroatoms. The third kappa shape index (κ3) is 3.57. The van der Waals surface area contributed by atoms with Crippen LogP contribution in [0.4, 0.5) is 0 Å². The number of hydrogen-bond acceptors (Lipinski definition) is 2. The van der Waals surface area contributed by atoms with Crippen LogP contribution < -0.4 is 0 Å². The predicted molar refractivity (Wildman–Crippen MR) is 82.4 cm³/mol. The third-order valence-corrected chi connectivity index (χ3v) is 3.80. The van der Waals surface area contributed by atoms with E-state index in [1.54, 1.807) is 0 Å². The van der Waals surface area contributed by atoms with Gasteiger partial charge in [-0.05, 0) is 47.3 Å². The number of aromatic nitrogens is 3. The SMILES string of the molecule is Cc1ccc(-c2cn(CCC(C)C)nc2Br)c(Cl)n1. The first-order valence-electron chi connectivity index (χ1n) is 6.34. The van der Waals surface area contributed by atoms with Gasteiger partial charge in [0.1, 0.15) is 9.76 Å². The second-order valence-corrected chi connectivity index (χ2v) is 6.18. The van der Waals surface area contributed by atoms with E-state index in [-0.39, 0.29) is 0 Å². The molecule has 2 aromatic rings. The zero-order valence-electron chi connectivity index (χ0n) is 11.3. The highest BCUT2D eigenvalue weighted by atomic mass is 79.9. The van der Waals surface area contributed by atoms with E-state index in [1.165, 1.54) is 0 Å². The number of halogens is 2. The molecule has 0 amide bonds. The van der Waals surface area contributed by atoms with Crippen molar-refractivity contribution >= 4 is 27.5 Å². The van der Waals surface area contributed by atoms with Crippen LogP contribution in [0.3, 0.4) is 0 Å². The molecule has 2 heterocycles. The van der Waals surface area contributed by atoms with Crippen molar-refractivity contribution in [1.29, 1.82) is 0 Å². The van der Waals surface area contributed by atoms with Crippen molar-refractivity contribution in [2.24, 2.45) is 5.92 Å². The molecule has 19 heavy (non-hydrogen) atoms. The van der Waals surface area contributed by atoms with Crippen molar-refractivity contribution in [3.63, 3.8) is 0 Å². The van der Waals surface area contributed by atoms with Gasteiger partial charge in [-0.3, -0.25) is 4.68 Å². The Hall–Kier alpha value is -0.870. The topological polar surface area (TPSA) is 30.7 Å². The number of hydrogen-bond donors (Lipinski definition) is 0. The second kappa shape index (κ2) is 6.06. The van der Waals surface area contributed by atoms with E-state index < -0.39 is 0 Å². The van der Waals surface area contributed by atoms with Gasteiger partial charge in [0, 0.05) is 29.6 Å². The molecule has 0 unspecified atom stereocenters. The smallest absolute Gasteiger partial charge is 0.137 e. The summed E-state index contributed by atoms with van der Waals surface area (Å²) in [4.78, 5) is 4.28. The van der Waals surface area contributed by atoms with Gasteiger partial charge in [-0.1, -0.05) is 25.4 Å². The molecule has 0 atom stereocenters. The van der Waals surface area contributed by atoms with Crippen molar-refractivity contribution < 1.29 is 0 Å². The van der Waals surface area contributed by atoms with Crippen LogP contribution in [0, 0.1) is 12.8 Å². The fourth-order valence-corrected chi connectivity index (χ4v) is 2.63. The van der Waals surface area contributed by atoms with Gasteiger partial charge >= 0.3 is 0 Å². The van der Waals surface area contributed by atoms with Crippen LogP contribution in [0.5, 0.6) is 0 Å². The van der Waals surface area contributed by atoms with Crippen LogP contribution >= 0.6 is 27.5 Å². The van der Waals surface area contributed by atoms with Gasteiger partial charge in [-0.2, -0.15) is 5.10 Å². The molecule has 0 radical (unpaired) electrons. The highest BCUT2D eigenvalue weighted by molar-refractivity contribution is 9.10. The Morgan fingerprint density at radius 2 is 2.05 bits per heavy atom. The Bertz CT molecular complexity index is 578. The van der Waals surface area contributed by atoms with E-state index in [0.29, 0.717) is 11.1 Å². The highest BCUT2D eigenvalue weighted by Crippen LogP contribution is 2.31. The molecule has 0 aromatic carbocycles. The summed E-state index contributed by atoms with van der Waals surface area (Å²) in [5.74, 6) is 0.663. The van der Waals surface area contributed by atoms with E-state index in [0.717, 1.165) is 34.4 Å². The molecule has 102 valence electrons. The van der Waals surface area contributed by atoms with Crippen LogP contribution in [-0.2, 0) is 6.54 Å². The Labute approximate surface area is 127 Å².